The van der Waals surface area contributed by atoms with E-state index < -0.39 is 17.4 Å². The van der Waals surface area contributed by atoms with Gasteiger partial charge in [0.2, 0.25) is 0 Å². The van der Waals surface area contributed by atoms with E-state index in [1.54, 1.807) is 0 Å². The molecule has 24 heavy (non-hydrogen) atoms. The van der Waals surface area contributed by atoms with Gasteiger partial charge in [0.25, 0.3) is 5.76 Å². The van der Waals surface area contributed by atoms with Gasteiger partial charge in [0, 0.05) is 0 Å². The summed E-state index contributed by atoms with van der Waals surface area (Å²) >= 11 is 0.0596. The summed E-state index contributed by atoms with van der Waals surface area (Å²) in [5.41, 5.74) is 0.357. The predicted octanol–water partition coefficient (Wildman–Crippen LogP) is 7.52. The van der Waals surface area contributed by atoms with Crippen LogP contribution in [-0.2, 0) is 0 Å². The molecule has 0 N–H and O–H groups in total. The summed E-state index contributed by atoms with van der Waals surface area (Å²) < 4.78 is 52.9. The number of rotatable bonds is 8. The van der Waals surface area contributed by atoms with Crippen LogP contribution < -0.4 is 0 Å². The molecule has 1 aromatic rings. The van der Waals surface area contributed by atoms with Gasteiger partial charge < -0.3 is 0 Å². The molecule has 0 saturated heterocycles. The Kier molecular flexibility index (Phi) is 7.92. The van der Waals surface area contributed by atoms with Gasteiger partial charge in [0.1, 0.15) is 0 Å². The third-order valence-electron chi connectivity index (χ3n) is 5.05. The first kappa shape index (κ1) is 19.6. The fraction of sp³-hybridized carbons (Fsp3) is 0.684. The molecule has 0 unspecified atom stereocenters. The number of benzene rings is 1. The van der Waals surface area contributed by atoms with Crippen molar-refractivity contribution in [2.45, 2.75) is 81.3 Å². The van der Waals surface area contributed by atoms with E-state index in [0.717, 1.165) is 25.7 Å². The highest BCUT2D eigenvalue weighted by Crippen LogP contribution is 2.40. The number of alkyl halides is 2. The van der Waals surface area contributed by atoms with Crippen molar-refractivity contribution < 1.29 is 17.6 Å². The highest BCUT2D eigenvalue weighted by Gasteiger charge is 2.26. The zero-order chi connectivity index (χ0) is 17.5. The Bertz CT molecular complexity index is 510. The van der Waals surface area contributed by atoms with E-state index in [0.29, 0.717) is 11.5 Å². The molecule has 0 spiro atoms. The largest absolute Gasteiger partial charge is 0.289 e. The van der Waals surface area contributed by atoms with Gasteiger partial charge in [-0.25, -0.2) is 8.78 Å². The van der Waals surface area contributed by atoms with Gasteiger partial charge in [-0.05, 0) is 49.1 Å². The molecule has 2 rings (SSSR count). The zero-order valence-electron chi connectivity index (χ0n) is 14.2. The number of unbranched alkanes of at least 4 members (excludes halogenated alkanes) is 3. The maximum atomic E-state index is 14.2. The van der Waals surface area contributed by atoms with E-state index >= 15 is 0 Å². The molecule has 1 aromatic carbocycles. The van der Waals surface area contributed by atoms with Crippen molar-refractivity contribution in [3.63, 3.8) is 0 Å². The van der Waals surface area contributed by atoms with Crippen molar-refractivity contribution in [3.8, 4) is 0 Å². The van der Waals surface area contributed by atoms with Gasteiger partial charge in [-0.15, -0.1) is 0 Å². The molecule has 0 aromatic heterocycles. The zero-order valence-corrected chi connectivity index (χ0v) is 15.0. The van der Waals surface area contributed by atoms with E-state index in [1.807, 2.05) is 0 Å². The molecule has 0 amide bonds. The monoisotopic (exact) mass is 362 g/mol. The molecule has 1 aliphatic carbocycles. The molecule has 0 radical (unpaired) electrons. The maximum absolute atomic E-state index is 14.2. The first-order chi connectivity index (χ1) is 11.5. The molecule has 1 aliphatic rings. The second kappa shape index (κ2) is 9.69. The van der Waals surface area contributed by atoms with Crippen LogP contribution in [-0.4, -0.2) is 5.76 Å². The fourth-order valence-electron chi connectivity index (χ4n) is 3.67. The molecule has 0 bridgehead atoms. The van der Waals surface area contributed by atoms with Gasteiger partial charge in [0.05, 0.1) is 4.90 Å². The highest BCUT2D eigenvalue weighted by atomic mass is 32.2. The molecule has 0 aliphatic heterocycles. The fourth-order valence-corrected chi connectivity index (χ4v) is 4.20. The minimum absolute atomic E-state index is 0.0111. The van der Waals surface area contributed by atoms with Crippen LogP contribution in [0.3, 0.4) is 0 Å². The normalized spacial score (nSPS) is 21.4. The van der Waals surface area contributed by atoms with Gasteiger partial charge in [-0.3, -0.25) is 0 Å². The van der Waals surface area contributed by atoms with E-state index in [1.165, 1.54) is 44.2 Å². The number of halogens is 4. The van der Waals surface area contributed by atoms with E-state index in [4.69, 9.17) is 0 Å². The Balaban J connectivity index is 1.91. The lowest BCUT2D eigenvalue weighted by Gasteiger charge is -2.29. The average Bonchev–Trinajstić information content (AvgIpc) is 2.56. The molecule has 1 fully saturated rings. The lowest BCUT2D eigenvalue weighted by molar-refractivity contribution is 0.251. The Morgan fingerprint density at radius 1 is 1.00 bits per heavy atom. The summed E-state index contributed by atoms with van der Waals surface area (Å²) in [4.78, 5) is -0.309. The van der Waals surface area contributed by atoms with E-state index in [-0.39, 0.29) is 22.6 Å². The van der Waals surface area contributed by atoms with Crippen LogP contribution >= 0.6 is 11.8 Å². The van der Waals surface area contributed by atoms with Crippen LogP contribution in [0.2, 0.25) is 0 Å². The Morgan fingerprint density at radius 2 is 1.71 bits per heavy atom. The standard InChI is InChI=1S/C19H26F4S/c1-2-3-4-5-6-13-7-9-14(10-8-13)15-11-12-16(24-19(22)23)18(21)17(15)20/h11-14,19H,2-10H2,1H3. The highest BCUT2D eigenvalue weighted by molar-refractivity contribution is 7.99. The van der Waals surface area contributed by atoms with Gasteiger partial charge in [-0.2, -0.15) is 8.78 Å². The molecule has 1 saturated carbocycles. The van der Waals surface area contributed by atoms with Crippen molar-refractivity contribution in [3.05, 3.63) is 29.3 Å². The van der Waals surface area contributed by atoms with Crippen LogP contribution in [0, 0.1) is 17.6 Å². The summed E-state index contributed by atoms with van der Waals surface area (Å²) in [7, 11) is 0. The maximum Gasteiger partial charge on any atom is 0.289 e. The minimum Gasteiger partial charge on any atom is -0.203 e. The molecular formula is C19H26F4S. The van der Waals surface area contributed by atoms with Crippen molar-refractivity contribution in [1.82, 2.24) is 0 Å². The summed E-state index contributed by atoms with van der Waals surface area (Å²) in [6.07, 6.45) is 10.1. The SMILES string of the molecule is CCCCCCC1CCC(c2ccc(SC(F)F)c(F)c2F)CC1. The second-order valence-corrected chi connectivity index (χ2v) is 7.76. The predicted molar refractivity (Wildman–Crippen MR) is 91.7 cm³/mol. The average molecular weight is 362 g/mol. The lowest BCUT2D eigenvalue weighted by Crippen LogP contribution is -2.15. The first-order valence-electron chi connectivity index (χ1n) is 8.95. The van der Waals surface area contributed by atoms with Crippen molar-refractivity contribution in [2.75, 3.05) is 0 Å². The summed E-state index contributed by atoms with van der Waals surface area (Å²) in [5.74, 6) is -4.10. The third kappa shape index (κ3) is 5.40. The first-order valence-corrected chi connectivity index (χ1v) is 9.83. The van der Waals surface area contributed by atoms with Crippen molar-refractivity contribution in [2.24, 2.45) is 5.92 Å². The Labute approximate surface area is 146 Å². The van der Waals surface area contributed by atoms with Gasteiger partial charge in [-0.1, -0.05) is 56.9 Å². The van der Waals surface area contributed by atoms with Crippen LogP contribution in [0.15, 0.2) is 17.0 Å². The van der Waals surface area contributed by atoms with E-state index in [2.05, 4.69) is 6.92 Å². The Morgan fingerprint density at radius 3 is 2.33 bits per heavy atom. The van der Waals surface area contributed by atoms with Crippen LogP contribution in [0.1, 0.15) is 76.2 Å². The van der Waals surface area contributed by atoms with Crippen molar-refractivity contribution in [1.29, 1.82) is 0 Å². The Hall–Kier alpha value is -0.710. The van der Waals surface area contributed by atoms with Crippen LogP contribution in [0.25, 0.3) is 0 Å². The smallest absolute Gasteiger partial charge is 0.203 e. The minimum atomic E-state index is -2.74. The summed E-state index contributed by atoms with van der Waals surface area (Å²) in [5, 5.41) is 0. The molecular weight excluding hydrogens is 336 g/mol. The summed E-state index contributed by atoms with van der Waals surface area (Å²) in [6.45, 7) is 2.20. The number of hydrogen-bond donors (Lipinski definition) is 0. The molecule has 136 valence electrons. The van der Waals surface area contributed by atoms with Crippen LogP contribution in [0.5, 0.6) is 0 Å². The van der Waals surface area contributed by atoms with E-state index in [9.17, 15) is 17.6 Å². The quantitative estimate of drug-likeness (QED) is 0.262. The lowest BCUT2D eigenvalue weighted by atomic mass is 9.77. The van der Waals surface area contributed by atoms with Gasteiger partial charge in [0.15, 0.2) is 11.6 Å². The summed E-state index contributed by atoms with van der Waals surface area (Å²) in [6, 6.07) is 2.79. The molecule has 5 heteroatoms. The van der Waals surface area contributed by atoms with Crippen LogP contribution in [0.4, 0.5) is 17.6 Å². The molecule has 0 heterocycles. The molecule has 0 nitrogen and oxygen atoms in total. The van der Waals surface area contributed by atoms with Gasteiger partial charge >= 0.3 is 0 Å². The number of hydrogen-bond acceptors (Lipinski definition) is 1. The molecule has 0 atom stereocenters. The van der Waals surface area contributed by atoms with Crippen molar-refractivity contribution >= 4 is 11.8 Å². The topological polar surface area (TPSA) is 0 Å². The number of thioether (sulfide) groups is 1. The third-order valence-corrected chi connectivity index (χ3v) is 5.79. The second-order valence-electron chi connectivity index (χ2n) is 6.73.